The molecule has 0 unspecified atom stereocenters. The number of carbonyl (C=O) groups excluding carboxylic acids is 1. The van der Waals surface area contributed by atoms with Crippen LogP contribution >= 0.6 is 11.8 Å². The van der Waals surface area contributed by atoms with Gasteiger partial charge in [0, 0.05) is 29.7 Å². The van der Waals surface area contributed by atoms with Gasteiger partial charge < -0.3 is 10.1 Å². The Morgan fingerprint density at radius 3 is 2.75 bits per heavy atom. The van der Waals surface area contributed by atoms with E-state index in [2.05, 4.69) is 16.3 Å². The summed E-state index contributed by atoms with van der Waals surface area (Å²) in [5, 5.41) is 12.0. The van der Waals surface area contributed by atoms with Gasteiger partial charge in [-0.3, -0.25) is 9.69 Å². The Labute approximate surface area is 148 Å². The summed E-state index contributed by atoms with van der Waals surface area (Å²) in [6.45, 7) is 7.99. The number of nitrogens with zero attached hydrogens (tertiary/aromatic N) is 2. The van der Waals surface area contributed by atoms with Gasteiger partial charge in [0.15, 0.2) is 0 Å². The number of nitrogens with one attached hydrogen (secondary N) is 1. The molecule has 1 aromatic carbocycles. The first-order valence-corrected chi connectivity index (χ1v) is 9.16. The number of thioether (sulfide) groups is 1. The number of hydrogen-bond acceptors (Lipinski definition) is 5. The van der Waals surface area contributed by atoms with Crippen molar-refractivity contribution in [1.82, 2.24) is 4.90 Å². The molecule has 2 rings (SSSR count). The molecule has 6 heteroatoms. The van der Waals surface area contributed by atoms with Gasteiger partial charge in [-0.2, -0.15) is 5.26 Å². The number of benzene rings is 1. The molecule has 1 aromatic rings. The second-order valence-corrected chi connectivity index (χ2v) is 7.77. The van der Waals surface area contributed by atoms with Crippen molar-refractivity contribution in [3.8, 4) is 6.07 Å². The largest absolute Gasteiger partial charge is 0.373 e. The van der Waals surface area contributed by atoms with Gasteiger partial charge in [-0.25, -0.2) is 0 Å². The number of morpholine rings is 1. The maximum atomic E-state index is 12.4. The Hall–Kier alpha value is -1.55. The van der Waals surface area contributed by atoms with E-state index in [1.54, 1.807) is 11.8 Å². The number of amides is 1. The van der Waals surface area contributed by atoms with E-state index in [1.165, 1.54) is 0 Å². The maximum Gasteiger partial charge on any atom is 0.238 e. The second kappa shape index (κ2) is 9.07. The summed E-state index contributed by atoms with van der Waals surface area (Å²) < 4.78 is 5.70. The van der Waals surface area contributed by atoms with Crippen molar-refractivity contribution < 1.29 is 9.53 Å². The lowest BCUT2D eigenvalue weighted by Gasteiger charge is -2.34. The van der Waals surface area contributed by atoms with E-state index in [9.17, 15) is 4.79 Å². The third-order valence-corrected chi connectivity index (χ3v) is 4.91. The van der Waals surface area contributed by atoms with E-state index in [0.717, 1.165) is 23.7 Å². The van der Waals surface area contributed by atoms with Crippen LogP contribution in [-0.2, 0) is 9.53 Å². The zero-order valence-corrected chi connectivity index (χ0v) is 15.3. The summed E-state index contributed by atoms with van der Waals surface area (Å²) in [6, 6.07) is 9.93. The number of hydrogen-bond donors (Lipinski definition) is 1. The van der Waals surface area contributed by atoms with Crippen LogP contribution in [0.5, 0.6) is 0 Å². The van der Waals surface area contributed by atoms with Gasteiger partial charge in [0.2, 0.25) is 5.91 Å². The normalized spacial score (nSPS) is 22.6. The molecule has 3 atom stereocenters. The molecule has 0 spiro atoms. The molecule has 24 heavy (non-hydrogen) atoms. The lowest BCUT2D eigenvalue weighted by atomic mass is 10.2. The van der Waals surface area contributed by atoms with Gasteiger partial charge in [0.05, 0.1) is 30.5 Å². The van der Waals surface area contributed by atoms with Gasteiger partial charge in [-0.05, 0) is 26.0 Å². The van der Waals surface area contributed by atoms with Crippen molar-refractivity contribution in [1.29, 1.82) is 5.26 Å². The maximum absolute atomic E-state index is 12.4. The third-order valence-electron chi connectivity index (χ3n) is 3.73. The van der Waals surface area contributed by atoms with E-state index >= 15 is 0 Å². The summed E-state index contributed by atoms with van der Waals surface area (Å²) >= 11 is 1.61. The van der Waals surface area contributed by atoms with Gasteiger partial charge in [-0.15, -0.1) is 11.8 Å². The van der Waals surface area contributed by atoms with Crippen molar-refractivity contribution in [2.24, 2.45) is 0 Å². The Morgan fingerprint density at radius 1 is 1.42 bits per heavy atom. The standard InChI is InChI=1S/C18H25N3O2S/c1-13-10-21(11-14(2)23-13)12-18(22)20-16-6-4-5-7-17(16)24-15(3)8-9-19/h4-7,13-15H,8,10-12H2,1-3H3,(H,20,22)/t13-,14+,15-/m0/s1. The van der Waals surface area contributed by atoms with Crippen molar-refractivity contribution in [3.05, 3.63) is 24.3 Å². The highest BCUT2D eigenvalue weighted by Crippen LogP contribution is 2.31. The molecule has 1 fully saturated rings. The molecule has 1 aliphatic rings. The molecule has 0 aliphatic carbocycles. The first-order chi connectivity index (χ1) is 11.5. The Bertz CT molecular complexity index is 592. The number of para-hydroxylation sites is 1. The summed E-state index contributed by atoms with van der Waals surface area (Å²) in [6.07, 6.45) is 0.781. The molecule has 1 saturated heterocycles. The van der Waals surface area contributed by atoms with E-state index in [1.807, 2.05) is 45.0 Å². The number of nitriles is 1. The predicted molar refractivity (Wildman–Crippen MR) is 97.1 cm³/mol. The molecule has 5 nitrogen and oxygen atoms in total. The molecular weight excluding hydrogens is 322 g/mol. The predicted octanol–water partition coefficient (Wildman–Crippen LogP) is 3.13. The highest BCUT2D eigenvalue weighted by atomic mass is 32.2. The summed E-state index contributed by atoms with van der Waals surface area (Å²) in [5.74, 6) is -0.0164. The van der Waals surface area contributed by atoms with Crippen LogP contribution in [0.15, 0.2) is 29.2 Å². The van der Waals surface area contributed by atoms with Gasteiger partial charge in [-0.1, -0.05) is 19.1 Å². The monoisotopic (exact) mass is 347 g/mol. The van der Waals surface area contributed by atoms with Crippen molar-refractivity contribution in [2.75, 3.05) is 25.0 Å². The number of rotatable bonds is 6. The zero-order valence-electron chi connectivity index (χ0n) is 14.5. The van der Waals surface area contributed by atoms with Crippen molar-refractivity contribution in [3.63, 3.8) is 0 Å². The van der Waals surface area contributed by atoms with Crippen LogP contribution in [0.3, 0.4) is 0 Å². The lowest BCUT2D eigenvalue weighted by molar-refractivity contribution is -0.121. The van der Waals surface area contributed by atoms with Crippen LogP contribution in [0.2, 0.25) is 0 Å². The minimum absolute atomic E-state index is 0.0164. The van der Waals surface area contributed by atoms with E-state index in [4.69, 9.17) is 10.00 Å². The molecule has 0 radical (unpaired) electrons. The lowest BCUT2D eigenvalue weighted by Crippen LogP contribution is -2.48. The third kappa shape index (κ3) is 5.82. The molecule has 130 valence electrons. The SMILES string of the molecule is C[C@@H]1CN(CC(=O)Nc2ccccc2S[C@@H](C)CC#N)C[C@H](C)O1. The van der Waals surface area contributed by atoms with Crippen LogP contribution in [0.4, 0.5) is 5.69 Å². The minimum Gasteiger partial charge on any atom is -0.373 e. The van der Waals surface area contributed by atoms with Crippen LogP contribution in [0, 0.1) is 11.3 Å². The summed E-state index contributed by atoms with van der Waals surface area (Å²) in [7, 11) is 0. The topological polar surface area (TPSA) is 65.4 Å². The Balaban J connectivity index is 1.95. The van der Waals surface area contributed by atoms with E-state index in [-0.39, 0.29) is 23.4 Å². The molecule has 1 heterocycles. The molecule has 0 bridgehead atoms. The Morgan fingerprint density at radius 2 is 2.08 bits per heavy atom. The highest BCUT2D eigenvalue weighted by Gasteiger charge is 2.23. The molecule has 1 aliphatic heterocycles. The first kappa shape index (κ1) is 18.8. The first-order valence-electron chi connectivity index (χ1n) is 8.28. The van der Waals surface area contributed by atoms with E-state index < -0.39 is 0 Å². The average Bonchev–Trinajstić information content (AvgIpc) is 2.48. The molecule has 1 N–H and O–H groups in total. The molecular formula is C18H25N3O2S. The number of anilines is 1. The fourth-order valence-corrected chi connectivity index (χ4v) is 3.86. The van der Waals surface area contributed by atoms with E-state index in [0.29, 0.717) is 13.0 Å². The average molecular weight is 347 g/mol. The molecule has 0 aromatic heterocycles. The van der Waals surface area contributed by atoms with Crippen molar-refractivity contribution in [2.45, 2.75) is 49.5 Å². The van der Waals surface area contributed by atoms with Gasteiger partial charge in [0.25, 0.3) is 0 Å². The second-order valence-electron chi connectivity index (χ2n) is 6.29. The summed E-state index contributed by atoms with van der Waals surface area (Å²) in [5.41, 5.74) is 0.812. The quantitative estimate of drug-likeness (QED) is 0.801. The Kier molecular flexibility index (Phi) is 7.10. The highest BCUT2D eigenvalue weighted by molar-refractivity contribution is 8.00. The van der Waals surface area contributed by atoms with Crippen LogP contribution < -0.4 is 5.32 Å². The minimum atomic E-state index is -0.0164. The van der Waals surface area contributed by atoms with Crippen molar-refractivity contribution >= 4 is 23.4 Å². The van der Waals surface area contributed by atoms with Gasteiger partial charge >= 0.3 is 0 Å². The van der Waals surface area contributed by atoms with Crippen LogP contribution in [-0.4, -0.2) is 47.9 Å². The van der Waals surface area contributed by atoms with Crippen LogP contribution in [0.1, 0.15) is 27.2 Å². The fourth-order valence-electron chi connectivity index (χ4n) is 2.87. The number of ether oxygens (including phenoxy) is 1. The smallest absolute Gasteiger partial charge is 0.238 e. The number of carbonyl (C=O) groups is 1. The molecule has 0 saturated carbocycles. The van der Waals surface area contributed by atoms with Crippen LogP contribution in [0.25, 0.3) is 0 Å². The fraction of sp³-hybridized carbons (Fsp3) is 0.556. The van der Waals surface area contributed by atoms with Gasteiger partial charge in [0.1, 0.15) is 0 Å². The zero-order chi connectivity index (χ0) is 17.5. The summed E-state index contributed by atoms with van der Waals surface area (Å²) in [4.78, 5) is 15.5. The molecule has 1 amide bonds.